The number of carbonyl (C=O) groups excluding carboxylic acids is 1. The SMILES string of the molecule is CCOc1cc(C#N)cc(Cl)c1OCC(=O)Nc1cc(C)on1. The number of nitrogens with zero attached hydrogens (tertiary/aromatic N) is 2. The molecule has 0 saturated carbocycles. The highest BCUT2D eigenvalue weighted by atomic mass is 35.5. The van der Waals surface area contributed by atoms with Gasteiger partial charge in [-0.15, -0.1) is 0 Å². The third kappa shape index (κ3) is 4.37. The number of aromatic nitrogens is 1. The molecule has 1 aromatic carbocycles. The second-order valence-corrected chi connectivity index (χ2v) is 4.90. The molecule has 0 unspecified atom stereocenters. The molecule has 0 spiro atoms. The Bertz CT molecular complexity index is 752. The number of carbonyl (C=O) groups is 1. The highest BCUT2D eigenvalue weighted by molar-refractivity contribution is 6.32. The average molecular weight is 336 g/mol. The summed E-state index contributed by atoms with van der Waals surface area (Å²) in [7, 11) is 0. The molecule has 0 aliphatic heterocycles. The largest absolute Gasteiger partial charge is 0.490 e. The molecule has 2 aromatic rings. The van der Waals surface area contributed by atoms with Gasteiger partial charge in [0.25, 0.3) is 5.91 Å². The van der Waals surface area contributed by atoms with Gasteiger partial charge >= 0.3 is 0 Å². The molecular weight excluding hydrogens is 322 g/mol. The van der Waals surface area contributed by atoms with Crippen LogP contribution in [0.25, 0.3) is 0 Å². The number of ether oxygens (including phenoxy) is 2. The Morgan fingerprint density at radius 3 is 2.83 bits per heavy atom. The van der Waals surface area contributed by atoms with Crippen LogP contribution in [0.2, 0.25) is 5.02 Å². The second kappa shape index (κ2) is 7.51. The smallest absolute Gasteiger partial charge is 0.263 e. The summed E-state index contributed by atoms with van der Waals surface area (Å²) in [5, 5.41) is 15.3. The minimum Gasteiger partial charge on any atom is -0.490 e. The van der Waals surface area contributed by atoms with Crippen LogP contribution in [0.3, 0.4) is 0 Å². The van der Waals surface area contributed by atoms with Crippen LogP contribution in [-0.4, -0.2) is 24.3 Å². The Morgan fingerprint density at radius 2 is 2.22 bits per heavy atom. The van der Waals surface area contributed by atoms with Crippen molar-refractivity contribution in [2.75, 3.05) is 18.5 Å². The Morgan fingerprint density at radius 1 is 1.43 bits per heavy atom. The quantitative estimate of drug-likeness (QED) is 0.871. The first-order valence-corrected chi connectivity index (χ1v) is 7.13. The lowest BCUT2D eigenvalue weighted by molar-refractivity contribution is -0.118. The molecule has 1 N–H and O–H groups in total. The van der Waals surface area contributed by atoms with Gasteiger partial charge in [-0.3, -0.25) is 4.79 Å². The van der Waals surface area contributed by atoms with E-state index in [0.29, 0.717) is 29.5 Å². The molecule has 0 aliphatic carbocycles. The van der Waals surface area contributed by atoms with E-state index < -0.39 is 5.91 Å². The van der Waals surface area contributed by atoms with E-state index in [0.717, 1.165) is 0 Å². The van der Waals surface area contributed by atoms with Gasteiger partial charge in [0.05, 0.1) is 23.3 Å². The number of aryl methyl sites for hydroxylation is 1. The van der Waals surface area contributed by atoms with Crippen LogP contribution in [0.5, 0.6) is 11.5 Å². The predicted molar refractivity (Wildman–Crippen MR) is 82.7 cm³/mol. The lowest BCUT2D eigenvalue weighted by Crippen LogP contribution is -2.20. The molecule has 7 nitrogen and oxygen atoms in total. The number of nitrogens with one attached hydrogen (secondary N) is 1. The lowest BCUT2D eigenvalue weighted by Gasteiger charge is -2.13. The fraction of sp³-hybridized carbons (Fsp3) is 0.267. The van der Waals surface area contributed by atoms with Crippen molar-refractivity contribution in [2.24, 2.45) is 0 Å². The first kappa shape index (κ1) is 16.6. The average Bonchev–Trinajstić information content (AvgIpc) is 2.91. The van der Waals surface area contributed by atoms with E-state index in [9.17, 15) is 4.79 Å². The molecule has 0 aliphatic rings. The van der Waals surface area contributed by atoms with E-state index in [1.165, 1.54) is 12.1 Å². The zero-order valence-electron chi connectivity index (χ0n) is 12.6. The van der Waals surface area contributed by atoms with Gasteiger partial charge in [-0.2, -0.15) is 5.26 Å². The normalized spacial score (nSPS) is 10.0. The molecular formula is C15H14ClN3O4. The summed E-state index contributed by atoms with van der Waals surface area (Å²) in [6, 6.07) is 6.50. The van der Waals surface area contributed by atoms with Crippen LogP contribution in [0, 0.1) is 18.3 Å². The molecule has 1 aromatic heterocycles. The predicted octanol–water partition coefficient (Wildman–Crippen LogP) is 2.92. The minimum absolute atomic E-state index is 0.192. The Balaban J connectivity index is 2.07. The van der Waals surface area contributed by atoms with Crippen molar-refractivity contribution < 1.29 is 18.8 Å². The van der Waals surface area contributed by atoms with Crippen molar-refractivity contribution in [1.29, 1.82) is 5.26 Å². The number of hydrogen-bond donors (Lipinski definition) is 1. The van der Waals surface area contributed by atoms with Crippen LogP contribution in [0.4, 0.5) is 5.82 Å². The number of rotatable bonds is 6. The third-order valence-electron chi connectivity index (χ3n) is 2.68. The molecule has 8 heteroatoms. The lowest BCUT2D eigenvalue weighted by atomic mass is 10.2. The molecule has 0 saturated heterocycles. The molecule has 0 bridgehead atoms. The van der Waals surface area contributed by atoms with E-state index in [2.05, 4.69) is 10.5 Å². The molecule has 0 fully saturated rings. The van der Waals surface area contributed by atoms with Crippen LogP contribution in [0.15, 0.2) is 22.7 Å². The van der Waals surface area contributed by atoms with Gasteiger partial charge in [-0.1, -0.05) is 16.8 Å². The highest BCUT2D eigenvalue weighted by Crippen LogP contribution is 2.36. The van der Waals surface area contributed by atoms with Crippen molar-refractivity contribution in [3.05, 3.63) is 34.5 Å². The zero-order valence-corrected chi connectivity index (χ0v) is 13.3. The van der Waals surface area contributed by atoms with E-state index in [4.69, 9.17) is 30.9 Å². The van der Waals surface area contributed by atoms with Gasteiger partial charge in [0.1, 0.15) is 5.76 Å². The molecule has 120 valence electrons. The fourth-order valence-electron chi connectivity index (χ4n) is 1.78. The first-order valence-electron chi connectivity index (χ1n) is 6.76. The number of anilines is 1. The van der Waals surface area contributed by atoms with Gasteiger partial charge in [0.2, 0.25) is 0 Å². The van der Waals surface area contributed by atoms with Crippen molar-refractivity contribution in [3.8, 4) is 17.6 Å². The summed E-state index contributed by atoms with van der Waals surface area (Å²) >= 11 is 6.08. The summed E-state index contributed by atoms with van der Waals surface area (Å²) in [6.45, 7) is 3.57. The summed E-state index contributed by atoms with van der Waals surface area (Å²) < 4.78 is 15.7. The van der Waals surface area contributed by atoms with Crippen LogP contribution in [-0.2, 0) is 4.79 Å². The molecule has 2 rings (SSSR count). The zero-order chi connectivity index (χ0) is 16.8. The van der Waals surface area contributed by atoms with E-state index >= 15 is 0 Å². The van der Waals surface area contributed by atoms with E-state index in [1.54, 1.807) is 19.9 Å². The van der Waals surface area contributed by atoms with Crippen LogP contribution < -0.4 is 14.8 Å². The maximum absolute atomic E-state index is 11.8. The first-order chi connectivity index (χ1) is 11.0. The van der Waals surface area contributed by atoms with Crippen molar-refractivity contribution in [1.82, 2.24) is 5.16 Å². The topological polar surface area (TPSA) is 97.4 Å². The van der Waals surface area contributed by atoms with Crippen molar-refractivity contribution in [2.45, 2.75) is 13.8 Å². The minimum atomic E-state index is -0.429. The van der Waals surface area contributed by atoms with Crippen molar-refractivity contribution >= 4 is 23.3 Å². The molecule has 23 heavy (non-hydrogen) atoms. The number of halogens is 1. The summed E-state index contributed by atoms with van der Waals surface area (Å²) in [5.41, 5.74) is 0.341. The Hall–Kier alpha value is -2.72. The molecule has 1 amide bonds. The van der Waals surface area contributed by atoms with Gasteiger partial charge in [-0.25, -0.2) is 0 Å². The fourth-order valence-corrected chi connectivity index (χ4v) is 2.04. The third-order valence-corrected chi connectivity index (χ3v) is 2.96. The molecule has 0 atom stereocenters. The van der Waals surface area contributed by atoms with Gasteiger partial charge in [0, 0.05) is 12.1 Å². The van der Waals surface area contributed by atoms with E-state index in [1.807, 2.05) is 6.07 Å². The highest BCUT2D eigenvalue weighted by Gasteiger charge is 2.15. The van der Waals surface area contributed by atoms with Gasteiger partial charge in [-0.05, 0) is 19.9 Å². The number of benzene rings is 1. The number of hydrogen-bond acceptors (Lipinski definition) is 6. The van der Waals surface area contributed by atoms with Crippen LogP contribution >= 0.6 is 11.6 Å². The Labute approximate surface area is 137 Å². The van der Waals surface area contributed by atoms with Crippen LogP contribution in [0.1, 0.15) is 18.2 Å². The molecule has 1 heterocycles. The molecule has 0 radical (unpaired) electrons. The maximum Gasteiger partial charge on any atom is 0.263 e. The summed E-state index contributed by atoms with van der Waals surface area (Å²) in [4.78, 5) is 11.8. The Kier molecular flexibility index (Phi) is 5.44. The summed E-state index contributed by atoms with van der Waals surface area (Å²) in [6.07, 6.45) is 0. The van der Waals surface area contributed by atoms with Crippen molar-refractivity contribution in [3.63, 3.8) is 0 Å². The standard InChI is InChI=1S/C15H14ClN3O4/c1-3-21-12-6-10(7-17)5-11(16)15(12)22-8-14(20)18-13-4-9(2)23-19-13/h4-6H,3,8H2,1-2H3,(H,18,19,20). The van der Waals surface area contributed by atoms with Gasteiger partial charge in [0.15, 0.2) is 23.9 Å². The second-order valence-electron chi connectivity index (χ2n) is 4.49. The maximum atomic E-state index is 11.8. The number of amides is 1. The monoisotopic (exact) mass is 335 g/mol. The van der Waals surface area contributed by atoms with Gasteiger partial charge < -0.3 is 19.3 Å². The number of nitriles is 1. The van der Waals surface area contributed by atoms with E-state index in [-0.39, 0.29) is 17.4 Å². The summed E-state index contributed by atoms with van der Waals surface area (Å²) in [5.74, 6) is 0.962.